The maximum atomic E-state index is 12.0. The highest BCUT2D eigenvalue weighted by atomic mass is 32.2. The van der Waals surface area contributed by atoms with Crippen LogP contribution in [0.4, 0.5) is 5.13 Å². The number of carbonyl (C=O) groups excluding carboxylic acids is 2. The molecule has 0 saturated heterocycles. The first-order valence-corrected chi connectivity index (χ1v) is 8.44. The average Bonchev–Trinajstić information content (AvgIpc) is 2.97. The number of carbonyl (C=O) groups is 2. The van der Waals surface area contributed by atoms with Gasteiger partial charge >= 0.3 is 0 Å². The highest BCUT2D eigenvalue weighted by Gasteiger charge is 2.44. The molecule has 0 aromatic carbocycles. The van der Waals surface area contributed by atoms with Crippen molar-refractivity contribution >= 4 is 40.0 Å². The molecular weight excluding hydrogens is 334 g/mol. The largest absolute Gasteiger partial charge is 0.319 e. The van der Waals surface area contributed by atoms with E-state index in [4.69, 9.17) is 5.26 Å². The van der Waals surface area contributed by atoms with Crippen LogP contribution in [0.5, 0.6) is 0 Å². The summed E-state index contributed by atoms with van der Waals surface area (Å²) in [4.78, 5) is 27.8. The topological polar surface area (TPSA) is 119 Å². The van der Waals surface area contributed by atoms with E-state index in [1.165, 1.54) is 11.3 Å². The van der Waals surface area contributed by atoms with Crippen molar-refractivity contribution in [3.05, 3.63) is 22.2 Å². The minimum atomic E-state index is -0.939. The number of nitriles is 2. The molecule has 23 heavy (non-hydrogen) atoms. The first-order valence-electron chi connectivity index (χ1n) is 6.57. The van der Waals surface area contributed by atoms with Crippen LogP contribution < -0.4 is 10.6 Å². The Kier molecular flexibility index (Phi) is 5.04. The molecule has 0 saturated carbocycles. The fourth-order valence-corrected chi connectivity index (χ4v) is 3.63. The Labute approximate surface area is 141 Å². The SMILES string of the molecule is CC1(C)C(C#N)=C(SCC(=O)Nc2nccs2)NC(=O)[C@@H]1C#N. The van der Waals surface area contributed by atoms with E-state index in [1.807, 2.05) is 12.1 Å². The van der Waals surface area contributed by atoms with Crippen LogP contribution in [0.2, 0.25) is 0 Å². The molecule has 1 aromatic rings. The summed E-state index contributed by atoms with van der Waals surface area (Å²) in [6.45, 7) is 3.35. The van der Waals surface area contributed by atoms with E-state index in [1.54, 1.807) is 25.4 Å². The van der Waals surface area contributed by atoms with Crippen molar-refractivity contribution in [3.8, 4) is 12.1 Å². The van der Waals surface area contributed by atoms with Gasteiger partial charge in [0.2, 0.25) is 11.8 Å². The Morgan fingerprint density at radius 1 is 1.57 bits per heavy atom. The minimum absolute atomic E-state index is 0.0215. The molecule has 9 heteroatoms. The highest BCUT2D eigenvalue weighted by Crippen LogP contribution is 2.41. The van der Waals surface area contributed by atoms with Gasteiger partial charge < -0.3 is 10.6 Å². The Morgan fingerprint density at radius 2 is 2.30 bits per heavy atom. The lowest BCUT2D eigenvalue weighted by Crippen LogP contribution is -2.44. The number of rotatable bonds is 4. The molecule has 0 spiro atoms. The number of amides is 2. The van der Waals surface area contributed by atoms with E-state index in [0.717, 1.165) is 11.8 Å². The molecule has 0 fully saturated rings. The van der Waals surface area contributed by atoms with E-state index in [0.29, 0.717) is 15.7 Å². The molecule has 1 atom stereocenters. The van der Waals surface area contributed by atoms with E-state index < -0.39 is 17.2 Å². The number of nitrogens with one attached hydrogen (secondary N) is 2. The van der Waals surface area contributed by atoms with Crippen molar-refractivity contribution in [3.63, 3.8) is 0 Å². The Morgan fingerprint density at radius 3 is 2.87 bits per heavy atom. The van der Waals surface area contributed by atoms with Gasteiger partial charge in [-0.15, -0.1) is 11.3 Å². The van der Waals surface area contributed by atoms with Crippen molar-refractivity contribution in [2.45, 2.75) is 13.8 Å². The summed E-state index contributed by atoms with van der Waals surface area (Å²) in [5, 5.41) is 26.2. The Balaban J connectivity index is 2.13. The van der Waals surface area contributed by atoms with Crippen LogP contribution in [0.15, 0.2) is 22.2 Å². The molecule has 118 valence electrons. The van der Waals surface area contributed by atoms with Gasteiger partial charge in [-0.1, -0.05) is 25.6 Å². The normalized spacial score (nSPS) is 19.5. The third kappa shape index (κ3) is 3.52. The Bertz CT molecular complexity index is 740. The quantitative estimate of drug-likeness (QED) is 0.858. The fourth-order valence-electron chi connectivity index (χ4n) is 2.11. The van der Waals surface area contributed by atoms with Crippen molar-refractivity contribution in [1.82, 2.24) is 10.3 Å². The summed E-state index contributed by atoms with van der Waals surface area (Å²) >= 11 is 2.36. The molecule has 2 amide bonds. The molecule has 0 unspecified atom stereocenters. The molecule has 1 aliphatic rings. The maximum Gasteiger partial charge on any atom is 0.243 e. The van der Waals surface area contributed by atoms with Gasteiger partial charge in [-0.25, -0.2) is 4.98 Å². The van der Waals surface area contributed by atoms with Gasteiger partial charge in [-0.05, 0) is 0 Å². The first kappa shape index (κ1) is 17.0. The van der Waals surface area contributed by atoms with Gasteiger partial charge in [0.25, 0.3) is 0 Å². The fraction of sp³-hybridized carbons (Fsp3) is 0.357. The molecule has 0 radical (unpaired) electrons. The first-order chi connectivity index (χ1) is 10.9. The van der Waals surface area contributed by atoms with Gasteiger partial charge in [-0.2, -0.15) is 10.5 Å². The molecule has 0 bridgehead atoms. The smallest absolute Gasteiger partial charge is 0.243 e. The number of anilines is 1. The summed E-state index contributed by atoms with van der Waals surface area (Å²) in [6, 6.07) is 3.98. The van der Waals surface area contributed by atoms with E-state index in [9.17, 15) is 14.9 Å². The second-order valence-corrected chi connectivity index (χ2v) is 7.14. The van der Waals surface area contributed by atoms with Crippen molar-refractivity contribution in [2.75, 3.05) is 11.1 Å². The third-order valence-corrected chi connectivity index (χ3v) is 5.05. The average molecular weight is 347 g/mol. The van der Waals surface area contributed by atoms with Gasteiger partial charge in [0.15, 0.2) is 5.13 Å². The van der Waals surface area contributed by atoms with Gasteiger partial charge in [-0.3, -0.25) is 9.59 Å². The van der Waals surface area contributed by atoms with Crippen LogP contribution in [0.3, 0.4) is 0 Å². The van der Waals surface area contributed by atoms with Gasteiger partial charge in [0.05, 0.1) is 28.5 Å². The van der Waals surface area contributed by atoms with Crippen LogP contribution in [0.25, 0.3) is 0 Å². The number of thioether (sulfide) groups is 1. The predicted molar refractivity (Wildman–Crippen MR) is 86.9 cm³/mol. The molecule has 7 nitrogen and oxygen atoms in total. The van der Waals surface area contributed by atoms with Gasteiger partial charge in [0.1, 0.15) is 5.92 Å². The molecule has 2 N–H and O–H groups in total. The second kappa shape index (κ2) is 6.82. The standard InChI is InChI=1S/C14H13N5O2S2/c1-14(2)8(5-15)11(21)19-12(9(14)6-16)23-7-10(20)18-13-17-3-4-22-13/h3-4,8H,7H2,1-2H3,(H,19,21)(H,17,18,20)/t8-/m0/s1. The van der Waals surface area contributed by atoms with Crippen LogP contribution in [-0.2, 0) is 9.59 Å². The van der Waals surface area contributed by atoms with Crippen molar-refractivity contribution in [2.24, 2.45) is 11.3 Å². The molecule has 0 aliphatic carbocycles. The Hall–Kier alpha value is -2.36. The van der Waals surface area contributed by atoms with Gasteiger partial charge in [0, 0.05) is 17.0 Å². The number of hydrogen-bond donors (Lipinski definition) is 2. The van der Waals surface area contributed by atoms with Crippen LogP contribution in [0.1, 0.15) is 13.8 Å². The maximum absolute atomic E-state index is 12.0. The monoisotopic (exact) mass is 347 g/mol. The predicted octanol–water partition coefficient (Wildman–Crippen LogP) is 1.85. The summed E-state index contributed by atoms with van der Waals surface area (Å²) in [5.41, 5.74) is -0.601. The number of aromatic nitrogens is 1. The summed E-state index contributed by atoms with van der Waals surface area (Å²) in [5.74, 6) is -1.66. The molecular formula is C14H13N5O2S2. The summed E-state index contributed by atoms with van der Waals surface area (Å²) in [6.07, 6.45) is 1.58. The zero-order chi connectivity index (χ0) is 17.0. The zero-order valence-corrected chi connectivity index (χ0v) is 14.0. The lowest BCUT2D eigenvalue weighted by molar-refractivity contribution is -0.125. The van der Waals surface area contributed by atoms with E-state index in [-0.39, 0.29) is 11.7 Å². The molecule has 2 rings (SSSR count). The van der Waals surface area contributed by atoms with Crippen LogP contribution >= 0.6 is 23.1 Å². The molecule has 1 aliphatic heterocycles. The van der Waals surface area contributed by atoms with Crippen LogP contribution in [-0.4, -0.2) is 22.6 Å². The number of thiazole rings is 1. The summed E-state index contributed by atoms with van der Waals surface area (Å²) < 4.78 is 0. The van der Waals surface area contributed by atoms with E-state index >= 15 is 0 Å². The lowest BCUT2D eigenvalue weighted by atomic mass is 9.72. The molecule has 2 heterocycles. The third-order valence-electron chi connectivity index (χ3n) is 3.36. The number of allylic oxidation sites excluding steroid dienone is 1. The highest BCUT2D eigenvalue weighted by molar-refractivity contribution is 8.03. The van der Waals surface area contributed by atoms with Crippen molar-refractivity contribution in [1.29, 1.82) is 10.5 Å². The van der Waals surface area contributed by atoms with Crippen molar-refractivity contribution < 1.29 is 9.59 Å². The number of nitrogens with zero attached hydrogens (tertiary/aromatic N) is 3. The second-order valence-electron chi connectivity index (χ2n) is 5.26. The minimum Gasteiger partial charge on any atom is -0.319 e. The summed E-state index contributed by atoms with van der Waals surface area (Å²) in [7, 11) is 0. The van der Waals surface area contributed by atoms with E-state index in [2.05, 4.69) is 15.6 Å². The lowest BCUT2D eigenvalue weighted by Gasteiger charge is -2.34. The van der Waals surface area contributed by atoms with Crippen LogP contribution in [0, 0.1) is 34.0 Å². The molecule has 1 aromatic heterocycles. The number of hydrogen-bond acceptors (Lipinski definition) is 7. The zero-order valence-electron chi connectivity index (χ0n) is 12.4.